The Morgan fingerprint density at radius 1 is 1.17 bits per heavy atom. The number of nitrogens with zero attached hydrogens (tertiary/aromatic N) is 1. The van der Waals surface area contributed by atoms with Crippen molar-refractivity contribution in [2.75, 3.05) is 33.4 Å². The molecule has 1 atom stereocenters. The van der Waals surface area contributed by atoms with E-state index in [-0.39, 0.29) is 30.1 Å². The lowest BCUT2D eigenvalue weighted by atomic mass is 10.1. The Morgan fingerprint density at radius 2 is 2.00 bits per heavy atom. The Labute approximate surface area is 192 Å². The lowest BCUT2D eigenvalue weighted by molar-refractivity contribution is 0.0191. The van der Waals surface area contributed by atoms with Crippen LogP contribution in [0.15, 0.2) is 23.2 Å². The van der Waals surface area contributed by atoms with Crippen LogP contribution >= 0.6 is 24.0 Å². The van der Waals surface area contributed by atoms with E-state index in [1.165, 1.54) is 18.4 Å². The fourth-order valence-corrected chi connectivity index (χ4v) is 3.74. The molecule has 0 aromatic heterocycles. The summed E-state index contributed by atoms with van der Waals surface area (Å²) in [5.41, 5.74) is 2.39. The van der Waals surface area contributed by atoms with Gasteiger partial charge in [-0.1, -0.05) is 12.1 Å². The Hall–Kier alpha value is -1.06. The molecule has 0 amide bonds. The summed E-state index contributed by atoms with van der Waals surface area (Å²) in [5.74, 6) is 1.77. The van der Waals surface area contributed by atoms with Gasteiger partial charge in [-0.2, -0.15) is 0 Å². The van der Waals surface area contributed by atoms with Gasteiger partial charge in [0, 0.05) is 32.3 Å². The van der Waals surface area contributed by atoms with E-state index in [1.807, 2.05) is 0 Å². The second kappa shape index (κ2) is 13.3. The predicted molar refractivity (Wildman–Crippen MR) is 127 cm³/mol. The average Bonchev–Trinajstić information content (AvgIpc) is 3.39. The molecule has 2 N–H and O–H groups in total. The van der Waals surface area contributed by atoms with E-state index in [0.29, 0.717) is 32.4 Å². The molecular formula is C22H36IN3O3. The zero-order valence-corrected chi connectivity index (χ0v) is 20.1. The number of rotatable bonds is 9. The van der Waals surface area contributed by atoms with Crippen LogP contribution in [-0.2, 0) is 16.0 Å². The smallest absolute Gasteiger partial charge is 0.191 e. The van der Waals surface area contributed by atoms with Crippen LogP contribution in [-0.4, -0.2) is 51.6 Å². The number of aliphatic imine (C=N–C) groups is 1. The van der Waals surface area contributed by atoms with Crippen LogP contribution in [0.2, 0.25) is 0 Å². The molecule has 1 aliphatic heterocycles. The quantitative estimate of drug-likeness (QED) is 0.226. The van der Waals surface area contributed by atoms with Crippen molar-refractivity contribution in [2.45, 2.75) is 64.2 Å². The van der Waals surface area contributed by atoms with Crippen LogP contribution in [0.4, 0.5) is 0 Å². The predicted octanol–water partition coefficient (Wildman–Crippen LogP) is 3.80. The van der Waals surface area contributed by atoms with Crippen molar-refractivity contribution in [1.82, 2.24) is 10.6 Å². The zero-order valence-electron chi connectivity index (χ0n) is 17.7. The summed E-state index contributed by atoms with van der Waals surface area (Å²) in [6.45, 7) is 5.69. The molecule has 0 radical (unpaired) electrons. The number of halogens is 1. The molecule has 6 nitrogen and oxygen atoms in total. The Kier molecular flexibility index (Phi) is 11.1. The molecule has 2 aliphatic rings. The highest BCUT2D eigenvalue weighted by Gasteiger charge is 2.18. The number of nitrogens with one attached hydrogen (secondary N) is 2. The van der Waals surface area contributed by atoms with E-state index in [0.717, 1.165) is 49.6 Å². The highest BCUT2D eigenvalue weighted by Crippen LogP contribution is 2.27. The highest BCUT2D eigenvalue weighted by molar-refractivity contribution is 14.0. The van der Waals surface area contributed by atoms with Crippen LogP contribution < -0.4 is 15.4 Å². The van der Waals surface area contributed by atoms with Crippen LogP contribution in [0.1, 0.15) is 49.7 Å². The molecule has 0 spiro atoms. The number of hydrogen-bond donors (Lipinski definition) is 2. The normalized spacial score (nSPS) is 19.8. The van der Waals surface area contributed by atoms with E-state index >= 15 is 0 Å². The summed E-state index contributed by atoms with van der Waals surface area (Å²) >= 11 is 0. The molecule has 0 bridgehead atoms. The van der Waals surface area contributed by atoms with Crippen LogP contribution in [0.3, 0.4) is 0 Å². The molecule has 1 saturated heterocycles. The fourth-order valence-electron chi connectivity index (χ4n) is 3.74. The van der Waals surface area contributed by atoms with Gasteiger partial charge in [0.05, 0.1) is 25.4 Å². The highest BCUT2D eigenvalue weighted by atomic mass is 127. The minimum atomic E-state index is 0. The van der Waals surface area contributed by atoms with E-state index in [1.54, 1.807) is 7.05 Å². The Morgan fingerprint density at radius 3 is 2.72 bits per heavy atom. The number of hydrogen-bond acceptors (Lipinski definition) is 4. The third-order valence-electron chi connectivity index (χ3n) is 5.35. The molecule has 164 valence electrons. The monoisotopic (exact) mass is 517 g/mol. The summed E-state index contributed by atoms with van der Waals surface area (Å²) in [4.78, 5) is 4.30. The topological polar surface area (TPSA) is 64.1 Å². The van der Waals surface area contributed by atoms with Crippen LogP contribution in [0.5, 0.6) is 5.75 Å². The number of ether oxygens (including phenoxy) is 3. The van der Waals surface area contributed by atoms with E-state index in [4.69, 9.17) is 14.2 Å². The van der Waals surface area contributed by atoms with Gasteiger partial charge >= 0.3 is 0 Å². The minimum absolute atomic E-state index is 0. The fraction of sp³-hybridized carbons (Fsp3) is 0.682. The molecule has 1 aromatic rings. The average molecular weight is 517 g/mol. The molecule has 29 heavy (non-hydrogen) atoms. The number of guanidine groups is 1. The van der Waals surface area contributed by atoms with Gasteiger partial charge in [-0.3, -0.25) is 4.99 Å². The molecule has 1 aliphatic carbocycles. The Bertz CT molecular complexity index is 630. The number of aryl methyl sites for hydroxylation is 1. The van der Waals surface area contributed by atoms with Gasteiger partial charge in [0.25, 0.3) is 0 Å². The molecule has 1 aromatic carbocycles. The van der Waals surface area contributed by atoms with Crippen molar-refractivity contribution in [3.8, 4) is 5.75 Å². The van der Waals surface area contributed by atoms with Gasteiger partial charge in [-0.05, 0) is 57.1 Å². The number of benzene rings is 1. The molecule has 7 heteroatoms. The van der Waals surface area contributed by atoms with Gasteiger partial charge in [-0.15, -0.1) is 24.0 Å². The Balaban J connectivity index is 0.00000300. The first-order chi connectivity index (χ1) is 13.7. The van der Waals surface area contributed by atoms with Gasteiger partial charge in [0.15, 0.2) is 5.96 Å². The first kappa shape index (κ1) is 24.2. The molecule has 2 fully saturated rings. The van der Waals surface area contributed by atoms with Gasteiger partial charge < -0.3 is 24.8 Å². The summed E-state index contributed by atoms with van der Waals surface area (Å²) in [6.07, 6.45) is 7.76. The third kappa shape index (κ3) is 8.30. The maximum absolute atomic E-state index is 6.28. The van der Waals surface area contributed by atoms with Gasteiger partial charge in [-0.25, -0.2) is 0 Å². The lowest BCUT2D eigenvalue weighted by Gasteiger charge is -2.18. The maximum atomic E-state index is 6.28. The summed E-state index contributed by atoms with van der Waals surface area (Å²) in [6, 6.07) is 6.42. The van der Waals surface area contributed by atoms with Crippen LogP contribution in [0, 0.1) is 6.92 Å². The minimum Gasteiger partial charge on any atom is -0.490 e. The first-order valence-corrected chi connectivity index (χ1v) is 10.6. The van der Waals surface area contributed by atoms with Crippen molar-refractivity contribution < 1.29 is 14.2 Å². The standard InChI is InChI=1S/C22H35N3O3.HI/c1-17-9-10-18(21(14-17)28-19-6-3-4-7-19)15-25-22(23-2)24-11-13-26-16-20-8-5-12-27-20;/h9-10,14,19-20H,3-8,11-13,15-16H2,1-2H3,(H2,23,24,25);1H. The van der Waals surface area contributed by atoms with Crippen molar-refractivity contribution >= 4 is 29.9 Å². The van der Waals surface area contributed by atoms with Gasteiger partial charge in [0.2, 0.25) is 0 Å². The molecular weight excluding hydrogens is 481 g/mol. The van der Waals surface area contributed by atoms with Gasteiger partial charge in [0.1, 0.15) is 5.75 Å². The second-order valence-electron chi connectivity index (χ2n) is 7.70. The van der Waals surface area contributed by atoms with Crippen molar-refractivity contribution in [1.29, 1.82) is 0 Å². The molecule has 1 saturated carbocycles. The lowest BCUT2D eigenvalue weighted by Crippen LogP contribution is -2.38. The second-order valence-corrected chi connectivity index (χ2v) is 7.70. The van der Waals surface area contributed by atoms with E-state index < -0.39 is 0 Å². The van der Waals surface area contributed by atoms with Crippen molar-refractivity contribution in [3.63, 3.8) is 0 Å². The van der Waals surface area contributed by atoms with E-state index in [2.05, 4.69) is 40.7 Å². The summed E-state index contributed by atoms with van der Waals surface area (Å²) in [7, 11) is 1.79. The summed E-state index contributed by atoms with van der Waals surface area (Å²) < 4.78 is 17.5. The molecule has 1 heterocycles. The van der Waals surface area contributed by atoms with Crippen LogP contribution in [0.25, 0.3) is 0 Å². The van der Waals surface area contributed by atoms with Crippen molar-refractivity contribution in [2.24, 2.45) is 4.99 Å². The SMILES string of the molecule is CN=C(NCCOCC1CCCO1)NCc1ccc(C)cc1OC1CCCC1.I. The van der Waals surface area contributed by atoms with E-state index in [9.17, 15) is 0 Å². The molecule has 3 rings (SSSR count). The molecule has 1 unspecified atom stereocenters. The zero-order chi connectivity index (χ0) is 19.6. The van der Waals surface area contributed by atoms with Crippen molar-refractivity contribution in [3.05, 3.63) is 29.3 Å². The third-order valence-corrected chi connectivity index (χ3v) is 5.35. The first-order valence-electron chi connectivity index (χ1n) is 10.6. The summed E-state index contributed by atoms with van der Waals surface area (Å²) in [5, 5.41) is 6.68. The maximum Gasteiger partial charge on any atom is 0.191 e. The largest absolute Gasteiger partial charge is 0.490 e.